The van der Waals surface area contributed by atoms with Crippen molar-refractivity contribution < 1.29 is 9.59 Å². The predicted molar refractivity (Wildman–Crippen MR) is 87.3 cm³/mol. The Hall–Kier alpha value is -1.73. The lowest BCUT2D eigenvalue weighted by Crippen LogP contribution is -2.37. The lowest BCUT2D eigenvalue weighted by molar-refractivity contribution is -0.123. The normalized spacial score (nSPS) is 21.1. The van der Waals surface area contributed by atoms with E-state index in [4.69, 9.17) is 0 Å². The summed E-state index contributed by atoms with van der Waals surface area (Å²) in [6.45, 7) is 2.86. The Morgan fingerprint density at radius 2 is 1.96 bits per heavy atom. The number of aromatic nitrogens is 2. The van der Waals surface area contributed by atoms with E-state index >= 15 is 0 Å². The first kappa shape index (κ1) is 17.6. The van der Waals surface area contributed by atoms with Crippen molar-refractivity contribution in [3.63, 3.8) is 0 Å². The predicted octanol–water partition coefficient (Wildman–Crippen LogP) is 0.134. The van der Waals surface area contributed by atoms with Crippen LogP contribution in [0.15, 0.2) is 18.6 Å². The van der Waals surface area contributed by atoms with Crippen molar-refractivity contribution in [1.29, 1.82) is 0 Å². The molecule has 0 bridgehead atoms. The molecule has 3 N–H and O–H groups in total. The molecule has 1 aliphatic carbocycles. The molecule has 1 aromatic heterocycles. The molecule has 0 radical (unpaired) electrons. The molecule has 126 valence electrons. The smallest absolute Gasteiger partial charge is 0.271 e. The Bertz CT molecular complexity index is 548. The Labute approximate surface area is 141 Å². The van der Waals surface area contributed by atoms with Gasteiger partial charge in [-0.2, -0.15) is 0 Å². The van der Waals surface area contributed by atoms with Crippen LogP contribution in [0.25, 0.3) is 0 Å². The van der Waals surface area contributed by atoms with Crippen LogP contribution in [0.2, 0.25) is 0 Å². The first-order chi connectivity index (χ1) is 10.7. The number of carbonyl (C=O) groups is 2. The Morgan fingerprint density at radius 3 is 2.65 bits per heavy atom. The molecule has 2 aliphatic rings. The minimum absolute atomic E-state index is 0. The first-order valence-electron chi connectivity index (χ1n) is 7.74. The van der Waals surface area contributed by atoms with Crippen LogP contribution >= 0.6 is 12.4 Å². The monoisotopic (exact) mass is 339 g/mol. The van der Waals surface area contributed by atoms with Crippen LogP contribution in [-0.2, 0) is 4.79 Å². The maximum absolute atomic E-state index is 12.1. The highest BCUT2D eigenvalue weighted by Gasteiger charge is 2.57. The van der Waals surface area contributed by atoms with Gasteiger partial charge in [-0.15, -0.1) is 12.4 Å². The molecule has 7 nitrogen and oxygen atoms in total. The largest absolute Gasteiger partial charge is 0.354 e. The topological polar surface area (TPSA) is 96.0 Å². The third kappa shape index (κ3) is 4.17. The SMILES string of the molecule is Cl.O=C(NCCNC(=O)C1CC12CCNCC2)c1cnccn1. The van der Waals surface area contributed by atoms with Crippen LogP contribution in [0, 0.1) is 11.3 Å². The highest BCUT2D eigenvalue weighted by atomic mass is 35.5. The van der Waals surface area contributed by atoms with Crippen molar-refractivity contribution in [3.8, 4) is 0 Å². The van der Waals surface area contributed by atoms with Gasteiger partial charge in [0.25, 0.3) is 5.91 Å². The molecular weight excluding hydrogens is 318 g/mol. The van der Waals surface area contributed by atoms with E-state index in [2.05, 4.69) is 25.9 Å². The van der Waals surface area contributed by atoms with E-state index in [9.17, 15) is 9.59 Å². The summed E-state index contributed by atoms with van der Waals surface area (Å²) in [5, 5.41) is 8.96. The van der Waals surface area contributed by atoms with E-state index in [0.717, 1.165) is 32.4 Å². The molecule has 1 aromatic rings. The van der Waals surface area contributed by atoms with E-state index in [1.165, 1.54) is 18.6 Å². The molecule has 2 fully saturated rings. The van der Waals surface area contributed by atoms with Gasteiger partial charge in [0, 0.05) is 31.4 Å². The first-order valence-corrected chi connectivity index (χ1v) is 7.74. The molecular formula is C15H22ClN5O2. The second-order valence-corrected chi connectivity index (χ2v) is 6.01. The van der Waals surface area contributed by atoms with Gasteiger partial charge in [0.05, 0.1) is 6.20 Å². The van der Waals surface area contributed by atoms with E-state index in [1.54, 1.807) is 0 Å². The van der Waals surface area contributed by atoms with Crippen molar-refractivity contribution in [1.82, 2.24) is 25.9 Å². The summed E-state index contributed by atoms with van der Waals surface area (Å²) >= 11 is 0. The average Bonchev–Trinajstić information content (AvgIpc) is 3.26. The summed E-state index contributed by atoms with van der Waals surface area (Å²) in [6.07, 6.45) is 7.60. The molecule has 1 atom stereocenters. The van der Waals surface area contributed by atoms with Crippen LogP contribution in [0.3, 0.4) is 0 Å². The standard InChI is InChI=1S/C15H21N5O2.ClH/c21-13(11-9-15(11)1-3-16-4-2-15)19-7-8-20-14(22)12-10-17-5-6-18-12;/h5-6,10-11,16H,1-4,7-9H2,(H,19,21)(H,20,22);1H. The number of nitrogens with zero attached hydrogens (tertiary/aromatic N) is 2. The van der Waals surface area contributed by atoms with E-state index < -0.39 is 0 Å². The second kappa shape index (κ2) is 7.70. The van der Waals surface area contributed by atoms with E-state index in [-0.39, 0.29) is 41.2 Å². The Morgan fingerprint density at radius 1 is 1.22 bits per heavy atom. The van der Waals surface area contributed by atoms with Crippen LogP contribution < -0.4 is 16.0 Å². The minimum Gasteiger partial charge on any atom is -0.354 e. The number of piperidine rings is 1. The molecule has 2 heterocycles. The summed E-state index contributed by atoms with van der Waals surface area (Å²) in [4.78, 5) is 31.6. The van der Waals surface area contributed by atoms with Crippen molar-refractivity contribution in [2.45, 2.75) is 19.3 Å². The van der Waals surface area contributed by atoms with Gasteiger partial charge in [0.1, 0.15) is 5.69 Å². The zero-order chi connectivity index (χ0) is 15.4. The molecule has 1 saturated heterocycles. The van der Waals surface area contributed by atoms with Gasteiger partial charge in [-0.25, -0.2) is 4.98 Å². The van der Waals surface area contributed by atoms with Crippen LogP contribution in [0.1, 0.15) is 29.8 Å². The van der Waals surface area contributed by atoms with Crippen molar-refractivity contribution >= 4 is 24.2 Å². The van der Waals surface area contributed by atoms with E-state index in [1.807, 2.05) is 0 Å². The summed E-state index contributed by atoms with van der Waals surface area (Å²) in [6, 6.07) is 0. The second-order valence-electron chi connectivity index (χ2n) is 6.01. The number of nitrogens with one attached hydrogen (secondary N) is 3. The zero-order valence-corrected chi connectivity index (χ0v) is 13.7. The van der Waals surface area contributed by atoms with Crippen molar-refractivity contribution in [3.05, 3.63) is 24.3 Å². The van der Waals surface area contributed by atoms with Crippen LogP contribution in [-0.4, -0.2) is 48.0 Å². The van der Waals surface area contributed by atoms with Gasteiger partial charge >= 0.3 is 0 Å². The summed E-state index contributed by atoms with van der Waals surface area (Å²) in [5.74, 6) is 0.00420. The van der Waals surface area contributed by atoms with Crippen LogP contribution in [0.5, 0.6) is 0 Å². The molecule has 1 saturated carbocycles. The van der Waals surface area contributed by atoms with Crippen molar-refractivity contribution in [2.75, 3.05) is 26.2 Å². The number of hydrogen-bond donors (Lipinski definition) is 3. The fourth-order valence-electron chi connectivity index (χ4n) is 3.19. The minimum atomic E-state index is -0.274. The van der Waals surface area contributed by atoms with Gasteiger partial charge in [-0.3, -0.25) is 14.6 Å². The molecule has 0 aromatic carbocycles. The fourth-order valence-corrected chi connectivity index (χ4v) is 3.19. The van der Waals surface area contributed by atoms with Crippen molar-refractivity contribution in [2.24, 2.45) is 11.3 Å². The summed E-state index contributed by atoms with van der Waals surface area (Å²) in [5.41, 5.74) is 0.530. The number of rotatable bonds is 5. The van der Waals surface area contributed by atoms with Crippen LogP contribution in [0.4, 0.5) is 0 Å². The fraction of sp³-hybridized carbons (Fsp3) is 0.600. The lowest BCUT2D eigenvalue weighted by Gasteiger charge is -2.23. The number of carbonyl (C=O) groups excluding carboxylic acids is 2. The lowest BCUT2D eigenvalue weighted by atomic mass is 9.92. The number of hydrogen-bond acceptors (Lipinski definition) is 5. The third-order valence-corrected chi connectivity index (χ3v) is 4.61. The van der Waals surface area contributed by atoms with Gasteiger partial charge in [0.15, 0.2) is 0 Å². The third-order valence-electron chi connectivity index (χ3n) is 4.61. The molecule has 23 heavy (non-hydrogen) atoms. The van der Waals surface area contributed by atoms with Gasteiger partial charge in [0.2, 0.25) is 5.91 Å². The molecule has 8 heteroatoms. The quantitative estimate of drug-likeness (QED) is 0.663. The number of halogens is 1. The summed E-state index contributed by atoms with van der Waals surface area (Å²) in [7, 11) is 0. The molecule has 1 aliphatic heterocycles. The molecule has 3 rings (SSSR count). The number of amides is 2. The molecule has 2 amide bonds. The van der Waals surface area contributed by atoms with Gasteiger partial charge < -0.3 is 16.0 Å². The maximum atomic E-state index is 12.1. The Balaban J connectivity index is 0.00000192. The van der Waals surface area contributed by atoms with Gasteiger partial charge in [-0.1, -0.05) is 0 Å². The average molecular weight is 340 g/mol. The maximum Gasteiger partial charge on any atom is 0.271 e. The highest BCUT2D eigenvalue weighted by Crippen LogP contribution is 2.58. The highest BCUT2D eigenvalue weighted by molar-refractivity contribution is 5.91. The van der Waals surface area contributed by atoms with Gasteiger partial charge in [-0.05, 0) is 37.8 Å². The molecule has 1 unspecified atom stereocenters. The Kier molecular flexibility index (Phi) is 5.90. The summed E-state index contributed by atoms with van der Waals surface area (Å²) < 4.78 is 0. The van der Waals surface area contributed by atoms with E-state index in [0.29, 0.717) is 13.1 Å². The molecule has 1 spiro atoms. The zero-order valence-electron chi connectivity index (χ0n) is 12.9.